The lowest BCUT2D eigenvalue weighted by Gasteiger charge is -1.93. The molecule has 52 valence electrons. The van der Waals surface area contributed by atoms with Gasteiger partial charge in [0.15, 0.2) is 0 Å². The first kappa shape index (κ1) is 7.29. The molecule has 1 aliphatic rings. The van der Waals surface area contributed by atoms with Crippen LogP contribution in [-0.4, -0.2) is 12.3 Å². The van der Waals surface area contributed by atoms with Crippen molar-refractivity contribution in [2.24, 2.45) is 4.99 Å². The second-order valence-corrected chi connectivity index (χ2v) is 2.28. The predicted octanol–water partition coefficient (Wildman–Crippen LogP) is 2.31. The molecule has 0 atom stereocenters. The largest absolute Gasteiger partial charge is 0.280 e. The quantitative estimate of drug-likeness (QED) is 0.548. The SMILES string of the molecule is C=CC1=NCC=CC=C1Cl. The summed E-state index contributed by atoms with van der Waals surface area (Å²) in [6.07, 6.45) is 7.31. The second-order valence-electron chi connectivity index (χ2n) is 1.87. The number of nitrogens with zero attached hydrogens (tertiary/aromatic N) is 1. The molecule has 0 aromatic rings. The van der Waals surface area contributed by atoms with Crippen molar-refractivity contribution in [3.05, 3.63) is 35.9 Å². The Hall–Kier alpha value is -0.820. The number of allylic oxidation sites excluding steroid dienone is 4. The fourth-order valence-corrected chi connectivity index (χ4v) is 0.897. The molecule has 1 nitrogen and oxygen atoms in total. The summed E-state index contributed by atoms with van der Waals surface area (Å²) in [5.74, 6) is 0. The second kappa shape index (κ2) is 3.37. The van der Waals surface area contributed by atoms with E-state index in [2.05, 4.69) is 11.6 Å². The molecule has 0 aromatic carbocycles. The van der Waals surface area contributed by atoms with Gasteiger partial charge >= 0.3 is 0 Å². The molecule has 0 saturated heterocycles. The third-order valence-electron chi connectivity index (χ3n) is 1.18. The Morgan fingerprint density at radius 1 is 1.70 bits per heavy atom. The number of aliphatic imine (C=N–C) groups is 1. The molecule has 1 heterocycles. The van der Waals surface area contributed by atoms with Gasteiger partial charge in [-0.25, -0.2) is 0 Å². The van der Waals surface area contributed by atoms with Crippen molar-refractivity contribution < 1.29 is 0 Å². The van der Waals surface area contributed by atoms with Crippen molar-refractivity contribution in [2.75, 3.05) is 6.54 Å². The first-order valence-electron chi connectivity index (χ1n) is 3.04. The Morgan fingerprint density at radius 2 is 2.50 bits per heavy atom. The molecule has 0 unspecified atom stereocenters. The first-order valence-corrected chi connectivity index (χ1v) is 3.42. The molecule has 0 saturated carbocycles. The topological polar surface area (TPSA) is 12.4 Å². The van der Waals surface area contributed by atoms with E-state index < -0.39 is 0 Å². The molecule has 2 heteroatoms. The standard InChI is InChI=1S/C8H8ClN/c1-2-8-7(9)5-3-4-6-10-8/h2-5H,1,6H2. The van der Waals surface area contributed by atoms with E-state index in [1.807, 2.05) is 18.2 Å². The van der Waals surface area contributed by atoms with Gasteiger partial charge in [-0.1, -0.05) is 30.3 Å². The lowest BCUT2D eigenvalue weighted by molar-refractivity contribution is 1.25. The van der Waals surface area contributed by atoms with Gasteiger partial charge in [0, 0.05) is 0 Å². The first-order chi connectivity index (χ1) is 4.84. The van der Waals surface area contributed by atoms with Gasteiger partial charge in [-0.2, -0.15) is 0 Å². The van der Waals surface area contributed by atoms with Crippen molar-refractivity contribution in [2.45, 2.75) is 0 Å². The molecule has 0 N–H and O–H groups in total. The minimum absolute atomic E-state index is 0.656. The summed E-state index contributed by atoms with van der Waals surface area (Å²) in [4.78, 5) is 4.13. The minimum Gasteiger partial charge on any atom is -0.280 e. The maximum Gasteiger partial charge on any atom is 0.0758 e. The lowest BCUT2D eigenvalue weighted by atomic mass is 10.3. The highest BCUT2D eigenvalue weighted by Crippen LogP contribution is 2.08. The molecule has 10 heavy (non-hydrogen) atoms. The van der Waals surface area contributed by atoms with Gasteiger partial charge in [0.2, 0.25) is 0 Å². The van der Waals surface area contributed by atoms with Crippen LogP contribution in [0.5, 0.6) is 0 Å². The van der Waals surface area contributed by atoms with Crippen LogP contribution in [0, 0.1) is 0 Å². The van der Waals surface area contributed by atoms with Gasteiger partial charge < -0.3 is 0 Å². The summed E-state index contributed by atoms with van der Waals surface area (Å²) in [5, 5.41) is 0.656. The number of halogens is 1. The van der Waals surface area contributed by atoms with E-state index in [-0.39, 0.29) is 0 Å². The Balaban J connectivity index is 2.91. The monoisotopic (exact) mass is 153 g/mol. The van der Waals surface area contributed by atoms with E-state index >= 15 is 0 Å². The highest BCUT2D eigenvalue weighted by Gasteiger charge is 1.98. The smallest absolute Gasteiger partial charge is 0.0758 e. The molecular weight excluding hydrogens is 146 g/mol. The Kier molecular flexibility index (Phi) is 2.46. The Morgan fingerprint density at radius 3 is 3.20 bits per heavy atom. The molecule has 0 radical (unpaired) electrons. The molecule has 0 bridgehead atoms. The molecular formula is C8H8ClN. The van der Waals surface area contributed by atoms with E-state index in [0.29, 0.717) is 11.6 Å². The zero-order chi connectivity index (χ0) is 7.40. The Labute approximate surface area is 65.4 Å². The van der Waals surface area contributed by atoms with E-state index in [0.717, 1.165) is 5.71 Å². The van der Waals surface area contributed by atoms with Crippen LogP contribution in [0.1, 0.15) is 0 Å². The molecule has 0 fully saturated rings. The van der Waals surface area contributed by atoms with Gasteiger partial charge in [0.05, 0.1) is 17.3 Å². The van der Waals surface area contributed by atoms with E-state index in [9.17, 15) is 0 Å². The zero-order valence-corrected chi connectivity index (χ0v) is 6.30. The lowest BCUT2D eigenvalue weighted by Crippen LogP contribution is -1.91. The zero-order valence-electron chi connectivity index (χ0n) is 5.55. The van der Waals surface area contributed by atoms with Crippen molar-refractivity contribution in [1.29, 1.82) is 0 Å². The van der Waals surface area contributed by atoms with Crippen LogP contribution in [0.4, 0.5) is 0 Å². The maximum absolute atomic E-state index is 5.80. The summed E-state index contributed by atoms with van der Waals surface area (Å²) in [6, 6.07) is 0. The summed E-state index contributed by atoms with van der Waals surface area (Å²) in [7, 11) is 0. The molecule has 0 spiro atoms. The number of hydrogen-bond acceptors (Lipinski definition) is 1. The van der Waals surface area contributed by atoms with E-state index in [1.54, 1.807) is 6.08 Å². The third-order valence-corrected chi connectivity index (χ3v) is 1.50. The van der Waals surface area contributed by atoms with Gasteiger partial charge in [-0.3, -0.25) is 4.99 Å². The van der Waals surface area contributed by atoms with Crippen molar-refractivity contribution in [3.63, 3.8) is 0 Å². The Bertz CT molecular complexity index is 223. The van der Waals surface area contributed by atoms with E-state index in [1.165, 1.54) is 0 Å². The van der Waals surface area contributed by atoms with Gasteiger partial charge in [-0.15, -0.1) is 0 Å². The molecule has 0 aliphatic carbocycles. The average Bonchev–Trinajstić information content (AvgIpc) is 2.13. The average molecular weight is 154 g/mol. The summed E-state index contributed by atoms with van der Waals surface area (Å²) >= 11 is 5.80. The van der Waals surface area contributed by atoms with Gasteiger partial charge in [-0.05, 0) is 12.2 Å². The van der Waals surface area contributed by atoms with Gasteiger partial charge in [0.25, 0.3) is 0 Å². The highest BCUT2D eigenvalue weighted by atomic mass is 35.5. The molecule has 0 amide bonds. The van der Waals surface area contributed by atoms with Gasteiger partial charge in [0.1, 0.15) is 0 Å². The molecule has 1 rings (SSSR count). The fraction of sp³-hybridized carbons (Fsp3) is 0.125. The van der Waals surface area contributed by atoms with Crippen LogP contribution in [0.15, 0.2) is 40.9 Å². The van der Waals surface area contributed by atoms with Crippen LogP contribution in [0.25, 0.3) is 0 Å². The third kappa shape index (κ3) is 1.58. The summed E-state index contributed by atoms with van der Waals surface area (Å²) in [6.45, 7) is 4.28. The maximum atomic E-state index is 5.80. The number of hydrogen-bond donors (Lipinski definition) is 0. The molecule has 1 aliphatic heterocycles. The normalized spacial score (nSPS) is 17.3. The minimum atomic E-state index is 0.656. The summed E-state index contributed by atoms with van der Waals surface area (Å²) in [5.41, 5.74) is 0.770. The van der Waals surface area contributed by atoms with Crippen LogP contribution < -0.4 is 0 Å². The van der Waals surface area contributed by atoms with Crippen LogP contribution in [0.2, 0.25) is 0 Å². The van der Waals surface area contributed by atoms with Crippen LogP contribution >= 0.6 is 11.6 Å². The van der Waals surface area contributed by atoms with Crippen molar-refractivity contribution in [1.82, 2.24) is 0 Å². The van der Waals surface area contributed by atoms with Crippen LogP contribution in [-0.2, 0) is 0 Å². The molecule has 0 aromatic heterocycles. The predicted molar refractivity (Wildman–Crippen MR) is 45.6 cm³/mol. The number of rotatable bonds is 1. The van der Waals surface area contributed by atoms with Crippen molar-refractivity contribution >= 4 is 17.3 Å². The van der Waals surface area contributed by atoms with E-state index in [4.69, 9.17) is 11.6 Å². The highest BCUT2D eigenvalue weighted by molar-refractivity contribution is 6.45. The fourth-order valence-electron chi connectivity index (χ4n) is 0.687. The van der Waals surface area contributed by atoms with Crippen LogP contribution in [0.3, 0.4) is 0 Å². The van der Waals surface area contributed by atoms with Crippen molar-refractivity contribution in [3.8, 4) is 0 Å². The summed E-state index contributed by atoms with van der Waals surface area (Å²) < 4.78 is 0.